The topological polar surface area (TPSA) is 120 Å². The smallest absolute Gasteiger partial charge is 0.276 e. The molecule has 0 fully saturated rings. The second-order valence-electron chi connectivity index (χ2n) is 8.12. The number of sulfone groups is 1. The monoisotopic (exact) mass is 614 g/mol. The van der Waals surface area contributed by atoms with Crippen LogP contribution in [0, 0.1) is 0 Å². The Hall–Kier alpha value is -3.74. The van der Waals surface area contributed by atoms with Crippen LogP contribution in [0.15, 0.2) is 81.3 Å². The Balaban J connectivity index is 1.49. The summed E-state index contributed by atoms with van der Waals surface area (Å²) >= 11 is 9.43. The second kappa shape index (κ2) is 10.2. The Kier molecular flexibility index (Phi) is 6.95. The maximum Gasteiger partial charge on any atom is 0.276 e. The van der Waals surface area contributed by atoms with Gasteiger partial charge in [-0.2, -0.15) is 10.2 Å². The van der Waals surface area contributed by atoms with Gasteiger partial charge in [0, 0.05) is 41.8 Å². The SMILES string of the molecule is CCn1cc(Br)c(-c2ccnc3cc(C(=O)Nc4cc(OC)cc(S(=O)(=O)c5ccc(Cl)cc5)c4)nn23)n1. The first-order valence-electron chi connectivity index (χ1n) is 11.3. The van der Waals surface area contributed by atoms with Crippen LogP contribution in [0.3, 0.4) is 0 Å². The minimum atomic E-state index is -3.91. The van der Waals surface area contributed by atoms with Crippen LogP contribution in [0.4, 0.5) is 5.69 Å². The predicted molar refractivity (Wildman–Crippen MR) is 145 cm³/mol. The van der Waals surface area contributed by atoms with Gasteiger partial charge in [-0.05, 0) is 65.3 Å². The lowest BCUT2D eigenvalue weighted by molar-refractivity contribution is 0.102. The largest absolute Gasteiger partial charge is 0.497 e. The van der Waals surface area contributed by atoms with Crippen molar-refractivity contribution in [3.05, 3.63) is 82.2 Å². The molecule has 0 radical (unpaired) electrons. The molecule has 5 rings (SSSR count). The van der Waals surface area contributed by atoms with Crippen LogP contribution in [-0.4, -0.2) is 45.8 Å². The van der Waals surface area contributed by atoms with Gasteiger partial charge < -0.3 is 10.1 Å². The Bertz CT molecular complexity index is 1780. The molecule has 3 heterocycles. The molecule has 194 valence electrons. The number of nitrogens with zero attached hydrogens (tertiary/aromatic N) is 5. The highest BCUT2D eigenvalue weighted by atomic mass is 79.9. The minimum Gasteiger partial charge on any atom is -0.497 e. The van der Waals surface area contributed by atoms with E-state index in [2.05, 4.69) is 36.4 Å². The molecule has 1 N–H and O–H groups in total. The van der Waals surface area contributed by atoms with E-state index in [0.29, 0.717) is 28.6 Å². The van der Waals surface area contributed by atoms with Gasteiger partial charge in [0.05, 0.1) is 27.1 Å². The highest BCUT2D eigenvalue weighted by Crippen LogP contribution is 2.30. The van der Waals surface area contributed by atoms with Crippen LogP contribution in [0.2, 0.25) is 5.02 Å². The van der Waals surface area contributed by atoms with Crippen molar-refractivity contribution in [2.45, 2.75) is 23.3 Å². The van der Waals surface area contributed by atoms with Crippen molar-refractivity contribution in [2.75, 3.05) is 12.4 Å². The fraction of sp³-hybridized carbons (Fsp3) is 0.120. The summed E-state index contributed by atoms with van der Waals surface area (Å²) in [5.74, 6) is -0.298. The standard InChI is InChI=1S/C25H20BrClN6O4S/c1-3-32-14-20(26)24(31-32)22-8-9-28-23-13-21(30-33(22)23)25(34)29-16-10-17(37-2)12-19(11-16)38(35,36)18-6-4-15(27)5-7-18/h4-14H,3H2,1-2H3,(H,29,34). The van der Waals surface area contributed by atoms with Gasteiger partial charge in [-0.25, -0.2) is 17.9 Å². The molecule has 0 aliphatic heterocycles. The van der Waals surface area contributed by atoms with Gasteiger partial charge in [0.1, 0.15) is 11.4 Å². The third kappa shape index (κ3) is 4.89. The van der Waals surface area contributed by atoms with E-state index in [1.54, 1.807) is 16.9 Å². The van der Waals surface area contributed by atoms with E-state index < -0.39 is 15.7 Å². The van der Waals surface area contributed by atoms with E-state index in [4.69, 9.17) is 16.3 Å². The molecule has 0 atom stereocenters. The van der Waals surface area contributed by atoms with Gasteiger partial charge in [0.25, 0.3) is 5.91 Å². The molecule has 10 nitrogen and oxygen atoms in total. The molecule has 3 aromatic heterocycles. The first kappa shape index (κ1) is 25.9. The fourth-order valence-corrected chi connectivity index (χ4v) is 5.74. The summed E-state index contributed by atoms with van der Waals surface area (Å²) in [5.41, 5.74) is 2.05. The average Bonchev–Trinajstić information content (AvgIpc) is 3.52. The lowest BCUT2D eigenvalue weighted by Gasteiger charge is -2.11. The van der Waals surface area contributed by atoms with Gasteiger partial charge in [-0.1, -0.05) is 11.6 Å². The van der Waals surface area contributed by atoms with Gasteiger partial charge in [-0.3, -0.25) is 9.48 Å². The van der Waals surface area contributed by atoms with Crippen LogP contribution >= 0.6 is 27.5 Å². The predicted octanol–water partition coefficient (Wildman–Crippen LogP) is 5.12. The average molecular weight is 616 g/mol. The number of hydrogen-bond donors (Lipinski definition) is 1. The molecule has 0 aliphatic carbocycles. The van der Waals surface area contributed by atoms with E-state index >= 15 is 0 Å². The number of carbonyl (C=O) groups is 1. The number of nitrogens with one attached hydrogen (secondary N) is 1. The van der Waals surface area contributed by atoms with Crippen LogP contribution in [-0.2, 0) is 16.4 Å². The maximum absolute atomic E-state index is 13.2. The number of hydrogen-bond acceptors (Lipinski definition) is 7. The van der Waals surface area contributed by atoms with E-state index in [9.17, 15) is 13.2 Å². The van der Waals surface area contributed by atoms with Gasteiger partial charge in [0.15, 0.2) is 11.3 Å². The zero-order valence-corrected chi connectivity index (χ0v) is 23.2. The molecule has 1 amide bonds. The highest BCUT2D eigenvalue weighted by molar-refractivity contribution is 9.10. The summed E-state index contributed by atoms with van der Waals surface area (Å²) in [7, 11) is -2.50. The van der Waals surface area contributed by atoms with Crippen molar-refractivity contribution < 1.29 is 17.9 Å². The van der Waals surface area contributed by atoms with Crippen molar-refractivity contribution in [1.82, 2.24) is 24.4 Å². The molecule has 2 aromatic carbocycles. The summed E-state index contributed by atoms with van der Waals surface area (Å²) in [6.07, 6.45) is 3.47. The van der Waals surface area contributed by atoms with Crippen LogP contribution in [0.1, 0.15) is 17.4 Å². The van der Waals surface area contributed by atoms with E-state index in [-0.39, 0.29) is 26.9 Å². The van der Waals surface area contributed by atoms with E-state index in [1.165, 1.54) is 60.2 Å². The van der Waals surface area contributed by atoms with Crippen molar-refractivity contribution in [3.63, 3.8) is 0 Å². The zero-order valence-electron chi connectivity index (χ0n) is 20.1. The number of methoxy groups -OCH3 is 1. The molecule has 0 aliphatic rings. The highest BCUT2D eigenvalue weighted by Gasteiger charge is 2.22. The van der Waals surface area contributed by atoms with Gasteiger partial charge in [0.2, 0.25) is 9.84 Å². The Morgan fingerprint density at radius 1 is 1.08 bits per heavy atom. The van der Waals surface area contributed by atoms with Crippen molar-refractivity contribution in [3.8, 4) is 17.1 Å². The molecule has 0 saturated heterocycles. The Morgan fingerprint density at radius 2 is 1.84 bits per heavy atom. The Morgan fingerprint density at radius 3 is 2.53 bits per heavy atom. The molecule has 0 spiro atoms. The summed E-state index contributed by atoms with van der Waals surface area (Å²) in [5, 5.41) is 12.1. The number of amides is 1. The summed E-state index contributed by atoms with van der Waals surface area (Å²) in [4.78, 5) is 17.5. The molecular formula is C25H20BrClN6O4S. The number of anilines is 1. The Labute approximate surface area is 231 Å². The molecule has 0 saturated carbocycles. The number of ether oxygens (including phenoxy) is 1. The number of fused-ring (bicyclic) bond motifs is 1. The minimum absolute atomic E-state index is 0.0511. The molecule has 13 heteroatoms. The van der Waals surface area contributed by atoms with E-state index in [0.717, 1.165) is 4.47 Å². The molecule has 5 aromatic rings. The summed E-state index contributed by atoms with van der Waals surface area (Å²) in [6.45, 7) is 2.67. The number of aromatic nitrogens is 5. The number of aryl methyl sites for hydroxylation is 1. The molecule has 0 unspecified atom stereocenters. The van der Waals surface area contributed by atoms with Crippen molar-refractivity contribution in [1.29, 1.82) is 0 Å². The zero-order chi connectivity index (χ0) is 27.0. The summed E-state index contributed by atoms with van der Waals surface area (Å²) in [6, 6.07) is 13.4. The number of rotatable bonds is 7. The fourth-order valence-electron chi connectivity index (χ4n) is 3.78. The van der Waals surface area contributed by atoms with Crippen LogP contribution in [0.25, 0.3) is 17.0 Å². The number of carbonyl (C=O) groups excluding carboxylic acids is 1. The third-order valence-corrected chi connectivity index (χ3v) is 8.26. The van der Waals surface area contributed by atoms with Crippen LogP contribution in [0.5, 0.6) is 5.75 Å². The van der Waals surface area contributed by atoms with Gasteiger partial charge >= 0.3 is 0 Å². The van der Waals surface area contributed by atoms with Crippen LogP contribution < -0.4 is 10.1 Å². The van der Waals surface area contributed by atoms with E-state index in [1.807, 2.05) is 13.1 Å². The van der Waals surface area contributed by atoms with Crippen molar-refractivity contribution >= 4 is 54.6 Å². The quantitative estimate of drug-likeness (QED) is 0.270. The molecular weight excluding hydrogens is 596 g/mol. The maximum atomic E-state index is 13.2. The first-order valence-corrected chi connectivity index (χ1v) is 13.9. The third-order valence-electron chi connectivity index (χ3n) is 5.68. The molecule has 38 heavy (non-hydrogen) atoms. The normalized spacial score (nSPS) is 11.6. The van der Waals surface area contributed by atoms with Gasteiger partial charge in [-0.15, -0.1) is 0 Å². The number of benzene rings is 2. The van der Waals surface area contributed by atoms with Crippen molar-refractivity contribution in [2.24, 2.45) is 0 Å². The first-order chi connectivity index (χ1) is 18.2. The lowest BCUT2D eigenvalue weighted by Crippen LogP contribution is -2.13. The summed E-state index contributed by atoms with van der Waals surface area (Å²) < 4.78 is 35.8. The second-order valence-corrected chi connectivity index (χ2v) is 11.4. The number of halogens is 2. The molecule has 0 bridgehead atoms. The lowest BCUT2D eigenvalue weighted by atomic mass is 10.3.